The van der Waals surface area contributed by atoms with Crippen LogP contribution in [-0.4, -0.2) is 28.6 Å². The average Bonchev–Trinajstić information content (AvgIpc) is 3.03. The highest BCUT2D eigenvalue weighted by Gasteiger charge is 2.23. The van der Waals surface area contributed by atoms with Gasteiger partial charge in [-0.05, 0) is 37.3 Å². The van der Waals surface area contributed by atoms with Gasteiger partial charge in [0.15, 0.2) is 0 Å². The van der Waals surface area contributed by atoms with Gasteiger partial charge in [0.05, 0.1) is 17.2 Å². The zero-order chi connectivity index (χ0) is 13.2. The van der Waals surface area contributed by atoms with E-state index in [4.69, 9.17) is 0 Å². The molecule has 2 aromatic rings. The van der Waals surface area contributed by atoms with Crippen molar-refractivity contribution < 1.29 is 9.90 Å². The number of aromatic nitrogens is 1. The lowest BCUT2D eigenvalue weighted by Gasteiger charge is -2.11. The lowest BCUT2D eigenvalue weighted by atomic mass is 10.1. The number of hydrogen-bond acceptors (Lipinski definition) is 2. The molecular formula is C15H18N2O2. The van der Waals surface area contributed by atoms with Crippen LogP contribution < -0.4 is 5.32 Å². The van der Waals surface area contributed by atoms with Gasteiger partial charge in [0.25, 0.3) is 5.91 Å². The van der Waals surface area contributed by atoms with E-state index in [9.17, 15) is 9.90 Å². The fourth-order valence-corrected chi connectivity index (χ4v) is 2.84. The second-order valence-corrected chi connectivity index (χ2v) is 5.29. The molecule has 0 spiro atoms. The molecule has 1 fully saturated rings. The number of aliphatic hydroxyl groups excluding tert-OH is 1. The summed E-state index contributed by atoms with van der Waals surface area (Å²) in [4.78, 5) is 15.3. The number of para-hydroxylation sites is 1. The lowest BCUT2D eigenvalue weighted by Crippen LogP contribution is -2.28. The van der Waals surface area contributed by atoms with Gasteiger partial charge >= 0.3 is 0 Å². The van der Waals surface area contributed by atoms with Crippen molar-refractivity contribution in [3.05, 3.63) is 36.0 Å². The van der Waals surface area contributed by atoms with E-state index in [1.165, 1.54) is 0 Å². The van der Waals surface area contributed by atoms with Gasteiger partial charge in [-0.3, -0.25) is 4.79 Å². The molecule has 3 N–H and O–H groups in total. The number of fused-ring (bicyclic) bond motifs is 1. The van der Waals surface area contributed by atoms with Crippen molar-refractivity contribution in [1.29, 1.82) is 0 Å². The Morgan fingerprint density at radius 1 is 1.37 bits per heavy atom. The first-order valence-corrected chi connectivity index (χ1v) is 6.76. The molecule has 0 bridgehead atoms. The number of amides is 1. The van der Waals surface area contributed by atoms with Gasteiger partial charge < -0.3 is 15.4 Å². The molecular weight excluding hydrogens is 240 g/mol. The van der Waals surface area contributed by atoms with Crippen LogP contribution in [0, 0.1) is 5.92 Å². The van der Waals surface area contributed by atoms with Crippen LogP contribution in [0.3, 0.4) is 0 Å². The first-order valence-electron chi connectivity index (χ1n) is 6.76. The summed E-state index contributed by atoms with van der Waals surface area (Å²) in [6.07, 6.45) is 4.30. The Labute approximate surface area is 111 Å². The van der Waals surface area contributed by atoms with E-state index < -0.39 is 0 Å². The topological polar surface area (TPSA) is 65.1 Å². The fourth-order valence-electron chi connectivity index (χ4n) is 2.84. The Bertz CT molecular complexity index is 591. The normalized spacial score (nSPS) is 22.8. The Kier molecular flexibility index (Phi) is 3.25. The molecule has 1 saturated carbocycles. The molecule has 19 heavy (non-hydrogen) atoms. The Morgan fingerprint density at radius 3 is 3.05 bits per heavy atom. The highest BCUT2D eigenvalue weighted by atomic mass is 16.3. The third-order valence-electron chi connectivity index (χ3n) is 3.90. The molecule has 100 valence electrons. The van der Waals surface area contributed by atoms with Crippen LogP contribution in [0.4, 0.5) is 0 Å². The van der Waals surface area contributed by atoms with Crippen molar-refractivity contribution in [2.45, 2.75) is 25.4 Å². The third kappa shape index (κ3) is 2.49. The molecule has 1 aromatic heterocycles. The zero-order valence-corrected chi connectivity index (χ0v) is 10.7. The summed E-state index contributed by atoms with van der Waals surface area (Å²) < 4.78 is 0. The molecule has 2 atom stereocenters. The molecule has 0 saturated heterocycles. The summed E-state index contributed by atoms with van der Waals surface area (Å²) in [7, 11) is 0. The summed E-state index contributed by atoms with van der Waals surface area (Å²) in [5.74, 6) is 0.358. The number of rotatable bonds is 3. The minimum absolute atomic E-state index is 0.0468. The van der Waals surface area contributed by atoms with Crippen LogP contribution in [-0.2, 0) is 0 Å². The largest absolute Gasteiger partial charge is 0.393 e. The van der Waals surface area contributed by atoms with E-state index in [1.807, 2.05) is 30.5 Å². The summed E-state index contributed by atoms with van der Waals surface area (Å²) >= 11 is 0. The van der Waals surface area contributed by atoms with Crippen molar-refractivity contribution >= 4 is 16.8 Å². The van der Waals surface area contributed by atoms with Crippen molar-refractivity contribution in [2.24, 2.45) is 5.92 Å². The maximum Gasteiger partial charge on any atom is 0.253 e. The molecule has 0 radical (unpaired) electrons. The summed E-state index contributed by atoms with van der Waals surface area (Å²) in [5, 5.41) is 13.5. The molecule has 3 rings (SSSR count). The van der Waals surface area contributed by atoms with E-state index in [2.05, 4.69) is 10.3 Å². The standard InChI is InChI=1S/C15H18N2O2/c18-12-5-4-10(8-12)9-17-15(19)13-3-1-2-11-6-7-16-14(11)13/h1-3,6-7,10,12,16,18H,4-5,8-9H2,(H,17,19). The van der Waals surface area contributed by atoms with Crippen molar-refractivity contribution in [1.82, 2.24) is 10.3 Å². The molecule has 1 amide bonds. The first kappa shape index (κ1) is 12.2. The van der Waals surface area contributed by atoms with Gasteiger partial charge in [-0.1, -0.05) is 12.1 Å². The number of H-pyrrole nitrogens is 1. The van der Waals surface area contributed by atoms with Gasteiger partial charge in [0.1, 0.15) is 0 Å². The molecule has 1 aromatic carbocycles. The number of benzene rings is 1. The van der Waals surface area contributed by atoms with E-state index in [0.29, 0.717) is 18.0 Å². The van der Waals surface area contributed by atoms with Crippen molar-refractivity contribution in [3.8, 4) is 0 Å². The lowest BCUT2D eigenvalue weighted by molar-refractivity contribution is 0.0946. The number of aromatic amines is 1. The zero-order valence-electron chi connectivity index (χ0n) is 10.7. The van der Waals surface area contributed by atoms with Gasteiger partial charge in [-0.2, -0.15) is 0 Å². The Morgan fingerprint density at radius 2 is 2.26 bits per heavy atom. The second kappa shape index (κ2) is 5.05. The van der Waals surface area contributed by atoms with E-state index in [-0.39, 0.29) is 12.0 Å². The van der Waals surface area contributed by atoms with Gasteiger partial charge in [0, 0.05) is 18.1 Å². The summed E-state index contributed by atoms with van der Waals surface area (Å²) in [6, 6.07) is 7.66. The van der Waals surface area contributed by atoms with Crippen LogP contribution in [0.2, 0.25) is 0 Å². The summed E-state index contributed by atoms with van der Waals surface area (Å²) in [5.41, 5.74) is 1.56. The number of carbonyl (C=O) groups excluding carboxylic acids is 1. The van der Waals surface area contributed by atoms with Crippen molar-refractivity contribution in [3.63, 3.8) is 0 Å². The van der Waals surface area contributed by atoms with Gasteiger partial charge in [-0.15, -0.1) is 0 Å². The van der Waals surface area contributed by atoms with Crippen LogP contribution in [0.1, 0.15) is 29.6 Å². The van der Waals surface area contributed by atoms with Crippen LogP contribution in [0.5, 0.6) is 0 Å². The highest BCUT2D eigenvalue weighted by molar-refractivity contribution is 6.05. The van der Waals surface area contributed by atoms with Crippen LogP contribution >= 0.6 is 0 Å². The van der Waals surface area contributed by atoms with Gasteiger partial charge in [-0.25, -0.2) is 0 Å². The third-order valence-corrected chi connectivity index (χ3v) is 3.90. The van der Waals surface area contributed by atoms with E-state index >= 15 is 0 Å². The smallest absolute Gasteiger partial charge is 0.253 e. The number of aliphatic hydroxyl groups is 1. The van der Waals surface area contributed by atoms with Gasteiger partial charge in [0.2, 0.25) is 0 Å². The van der Waals surface area contributed by atoms with Crippen LogP contribution in [0.25, 0.3) is 10.9 Å². The Balaban J connectivity index is 1.68. The van der Waals surface area contributed by atoms with E-state index in [0.717, 1.165) is 30.2 Å². The molecule has 2 unspecified atom stereocenters. The molecule has 4 heteroatoms. The van der Waals surface area contributed by atoms with Crippen LogP contribution in [0.15, 0.2) is 30.5 Å². The fraction of sp³-hybridized carbons (Fsp3) is 0.400. The maximum absolute atomic E-state index is 12.2. The molecule has 1 aliphatic rings. The average molecular weight is 258 g/mol. The SMILES string of the molecule is O=C(NCC1CCC(O)C1)c1cccc2cc[nH]c12. The van der Waals surface area contributed by atoms with E-state index in [1.54, 1.807) is 0 Å². The number of carbonyl (C=O) groups is 1. The minimum Gasteiger partial charge on any atom is -0.393 e. The molecule has 1 aliphatic carbocycles. The number of hydrogen-bond donors (Lipinski definition) is 3. The molecule has 0 aliphatic heterocycles. The van der Waals surface area contributed by atoms with Crippen molar-refractivity contribution in [2.75, 3.05) is 6.54 Å². The summed E-state index contributed by atoms with van der Waals surface area (Å²) in [6.45, 7) is 0.646. The highest BCUT2D eigenvalue weighted by Crippen LogP contribution is 2.24. The predicted octanol–water partition coefficient (Wildman–Crippen LogP) is 2.06. The number of nitrogens with one attached hydrogen (secondary N) is 2. The first-order chi connectivity index (χ1) is 9.24. The molecule has 1 heterocycles. The second-order valence-electron chi connectivity index (χ2n) is 5.29. The minimum atomic E-state index is -0.186. The quantitative estimate of drug-likeness (QED) is 0.789. The predicted molar refractivity (Wildman–Crippen MR) is 74.0 cm³/mol. The maximum atomic E-state index is 12.2. The molecule has 4 nitrogen and oxygen atoms in total. The Hall–Kier alpha value is -1.81. The monoisotopic (exact) mass is 258 g/mol.